The molecule has 0 aromatic heterocycles. The van der Waals surface area contributed by atoms with Gasteiger partial charge in [0.1, 0.15) is 0 Å². The lowest BCUT2D eigenvalue weighted by atomic mass is 10.0. The van der Waals surface area contributed by atoms with Gasteiger partial charge in [-0.05, 0) is 20.3 Å². The summed E-state index contributed by atoms with van der Waals surface area (Å²) in [4.78, 5) is 25.5. The molecule has 1 aromatic carbocycles. The lowest BCUT2D eigenvalue weighted by Gasteiger charge is -2.23. The number of carbonyl (C=O) groups excluding carboxylic acids is 2. The summed E-state index contributed by atoms with van der Waals surface area (Å²) in [6, 6.07) is 7.03. The molecule has 0 heterocycles. The average molecular weight is 247 g/mol. The zero-order chi connectivity index (χ0) is 13.7. The van der Waals surface area contributed by atoms with Crippen LogP contribution in [0.3, 0.4) is 0 Å². The van der Waals surface area contributed by atoms with E-state index in [1.807, 2.05) is 38.1 Å². The predicted octanol–water partition coefficient (Wildman–Crippen LogP) is 2.82. The fourth-order valence-corrected chi connectivity index (χ4v) is 1.74. The lowest BCUT2D eigenvalue weighted by Crippen LogP contribution is -2.40. The maximum Gasteiger partial charge on any atom is 0.222 e. The molecule has 0 saturated carbocycles. The van der Waals surface area contributed by atoms with E-state index in [4.69, 9.17) is 0 Å². The first kappa shape index (κ1) is 14.4. The molecule has 98 valence electrons. The van der Waals surface area contributed by atoms with Crippen LogP contribution in [0, 0.1) is 6.92 Å². The van der Waals surface area contributed by atoms with Crippen molar-refractivity contribution in [2.24, 2.45) is 0 Å². The highest BCUT2D eigenvalue weighted by molar-refractivity contribution is 6.01. The zero-order valence-corrected chi connectivity index (χ0v) is 11.6. The highest BCUT2D eigenvalue weighted by atomic mass is 16.2. The van der Waals surface area contributed by atoms with Crippen LogP contribution in [0.1, 0.15) is 42.6 Å². The van der Waals surface area contributed by atoms with Gasteiger partial charge < -0.3 is 4.90 Å². The van der Waals surface area contributed by atoms with Crippen LogP contribution < -0.4 is 0 Å². The van der Waals surface area contributed by atoms with Crippen molar-refractivity contribution in [3.05, 3.63) is 35.4 Å². The Kier molecular flexibility index (Phi) is 5.08. The van der Waals surface area contributed by atoms with Gasteiger partial charge in [-0.15, -0.1) is 0 Å². The number of Topliss-reactive ketones (excluding diaryl/α,β-unsaturated/α-hetero) is 1. The van der Waals surface area contributed by atoms with E-state index in [0.29, 0.717) is 12.0 Å². The van der Waals surface area contributed by atoms with Gasteiger partial charge in [-0.25, -0.2) is 0 Å². The number of amides is 1. The van der Waals surface area contributed by atoms with Crippen LogP contribution in [0.2, 0.25) is 0 Å². The van der Waals surface area contributed by atoms with E-state index >= 15 is 0 Å². The molecule has 0 saturated heterocycles. The number of aryl methyl sites for hydroxylation is 1. The Morgan fingerprint density at radius 2 is 1.78 bits per heavy atom. The van der Waals surface area contributed by atoms with Crippen LogP contribution in [-0.4, -0.2) is 29.7 Å². The minimum atomic E-state index is -0.410. The molecule has 1 rings (SSSR count). The second-order valence-corrected chi connectivity index (χ2v) is 4.66. The zero-order valence-electron chi connectivity index (χ0n) is 11.6. The SMILES string of the molecule is CCCC(=O)N(C)C(C)C(=O)c1ccc(C)cc1. The number of likely N-dealkylation sites (N-methyl/N-ethyl adjacent to an activating group) is 1. The number of nitrogens with zero attached hydrogens (tertiary/aromatic N) is 1. The van der Waals surface area contributed by atoms with Crippen LogP contribution in [0.25, 0.3) is 0 Å². The van der Waals surface area contributed by atoms with Crippen molar-refractivity contribution in [1.82, 2.24) is 4.90 Å². The number of ketones is 1. The van der Waals surface area contributed by atoms with Gasteiger partial charge in [0, 0.05) is 19.0 Å². The molecule has 0 N–H and O–H groups in total. The molecule has 1 atom stereocenters. The third kappa shape index (κ3) is 3.42. The van der Waals surface area contributed by atoms with E-state index in [9.17, 15) is 9.59 Å². The first-order chi connectivity index (χ1) is 8.47. The van der Waals surface area contributed by atoms with Gasteiger partial charge in [0.15, 0.2) is 5.78 Å². The molecule has 3 heteroatoms. The van der Waals surface area contributed by atoms with Gasteiger partial charge in [0.2, 0.25) is 5.91 Å². The minimum absolute atomic E-state index is 0.0121. The maximum absolute atomic E-state index is 12.2. The molecule has 0 aliphatic rings. The van der Waals surface area contributed by atoms with Gasteiger partial charge in [0.05, 0.1) is 6.04 Å². The molecular formula is C15H21NO2. The molecule has 18 heavy (non-hydrogen) atoms. The third-order valence-corrected chi connectivity index (χ3v) is 3.15. The summed E-state index contributed by atoms with van der Waals surface area (Å²) in [5, 5.41) is 0. The highest BCUT2D eigenvalue weighted by Gasteiger charge is 2.22. The van der Waals surface area contributed by atoms with Crippen LogP contribution in [0.4, 0.5) is 0 Å². The van der Waals surface area contributed by atoms with E-state index in [0.717, 1.165) is 12.0 Å². The van der Waals surface area contributed by atoms with Crippen molar-refractivity contribution in [3.8, 4) is 0 Å². The van der Waals surface area contributed by atoms with E-state index in [1.54, 1.807) is 14.0 Å². The van der Waals surface area contributed by atoms with Crippen molar-refractivity contribution < 1.29 is 9.59 Å². The summed E-state index contributed by atoms with van der Waals surface area (Å²) < 4.78 is 0. The number of benzene rings is 1. The maximum atomic E-state index is 12.2. The fraction of sp³-hybridized carbons (Fsp3) is 0.467. The Labute approximate surface area is 109 Å². The Morgan fingerprint density at radius 1 is 1.22 bits per heavy atom. The van der Waals surface area contributed by atoms with Crippen molar-refractivity contribution >= 4 is 11.7 Å². The molecule has 1 unspecified atom stereocenters. The molecule has 0 fully saturated rings. The van der Waals surface area contributed by atoms with Crippen LogP contribution in [-0.2, 0) is 4.79 Å². The van der Waals surface area contributed by atoms with Gasteiger partial charge in [-0.3, -0.25) is 9.59 Å². The second-order valence-electron chi connectivity index (χ2n) is 4.66. The molecular weight excluding hydrogens is 226 g/mol. The Balaban J connectivity index is 2.77. The highest BCUT2D eigenvalue weighted by Crippen LogP contribution is 2.10. The molecule has 1 aromatic rings. The summed E-state index contributed by atoms with van der Waals surface area (Å²) in [7, 11) is 1.69. The van der Waals surface area contributed by atoms with Crippen molar-refractivity contribution in [1.29, 1.82) is 0 Å². The number of hydrogen-bond acceptors (Lipinski definition) is 2. The minimum Gasteiger partial charge on any atom is -0.336 e. The van der Waals surface area contributed by atoms with Crippen LogP contribution >= 0.6 is 0 Å². The summed E-state index contributed by atoms with van der Waals surface area (Å²) >= 11 is 0. The first-order valence-electron chi connectivity index (χ1n) is 6.34. The summed E-state index contributed by atoms with van der Waals surface area (Å²) in [6.45, 7) is 5.71. The van der Waals surface area contributed by atoms with Crippen molar-refractivity contribution in [2.45, 2.75) is 39.7 Å². The largest absolute Gasteiger partial charge is 0.336 e. The van der Waals surface area contributed by atoms with E-state index in [2.05, 4.69) is 0 Å². The first-order valence-corrected chi connectivity index (χ1v) is 6.34. The molecule has 0 aliphatic carbocycles. The number of carbonyl (C=O) groups is 2. The molecule has 1 amide bonds. The Hall–Kier alpha value is -1.64. The van der Waals surface area contributed by atoms with Gasteiger partial charge in [0.25, 0.3) is 0 Å². The van der Waals surface area contributed by atoms with Gasteiger partial charge in [-0.1, -0.05) is 36.8 Å². The molecule has 0 bridgehead atoms. The van der Waals surface area contributed by atoms with E-state index < -0.39 is 6.04 Å². The molecule has 3 nitrogen and oxygen atoms in total. The predicted molar refractivity (Wildman–Crippen MR) is 72.6 cm³/mol. The summed E-state index contributed by atoms with van der Waals surface area (Å²) in [5.74, 6) is 0.00687. The second kappa shape index (κ2) is 6.34. The van der Waals surface area contributed by atoms with Crippen molar-refractivity contribution in [2.75, 3.05) is 7.05 Å². The smallest absolute Gasteiger partial charge is 0.222 e. The van der Waals surface area contributed by atoms with Crippen molar-refractivity contribution in [3.63, 3.8) is 0 Å². The Bertz CT molecular complexity index is 423. The lowest BCUT2D eigenvalue weighted by molar-refractivity contribution is -0.131. The quantitative estimate of drug-likeness (QED) is 0.750. The molecule has 0 aliphatic heterocycles. The number of rotatable bonds is 5. The summed E-state index contributed by atoms with van der Waals surface area (Å²) in [5.41, 5.74) is 1.78. The fourth-order valence-electron chi connectivity index (χ4n) is 1.74. The van der Waals surface area contributed by atoms with Gasteiger partial charge in [-0.2, -0.15) is 0 Å². The summed E-state index contributed by atoms with van der Waals surface area (Å²) in [6.07, 6.45) is 1.29. The monoisotopic (exact) mass is 247 g/mol. The Morgan fingerprint density at radius 3 is 2.28 bits per heavy atom. The number of hydrogen-bond donors (Lipinski definition) is 0. The van der Waals surface area contributed by atoms with E-state index in [-0.39, 0.29) is 11.7 Å². The molecule has 0 spiro atoms. The van der Waals surface area contributed by atoms with Gasteiger partial charge >= 0.3 is 0 Å². The average Bonchev–Trinajstić information content (AvgIpc) is 2.37. The normalized spacial score (nSPS) is 12.0. The standard InChI is InChI=1S/C15H21NO2/c1-5-6-14(17)16(4)12(3)15(18)13-9-7-11(2)8-10-13/h7-10,12H,5-6H2,1-4H3. The molecule has 0 radical (unpaired) electrons. The third-order valence-electron chi connectivity index (χ3n) is 3.15. The van der Waals surface area contributed by atoms with Crippen LogP contribution in [0.15, 0.2) is 24.3 Å². The van der Waals surface area contributed by atoms with Crippen LogP contribution in [0.5, 0.6) is 0 Å². The topological polar surface area (TPSA) is 37.4 Å². The van der Waals surface area contributed by atoms with E-state index in [1.165, 1.54) is 4.90 Å².